The number of hydrogen-bond donors (Lipinski definition) is 0. The summed E-state index contributed by atoms with van der Waals surface area (Å²) in [7, 11) is 0. The molecule has 0 spiro atoms. The summed E-state index contributed by atoms with van der Waals surface area (Å²) in [6, 6.07) is 4.40. The normalized spacial score (nSPS) is 28.6. The molecule has 0 saturated heterocycles. The van der Waals surface area contributed by atoms with Crippen LogP contribution in [0.25, 0.3) is 0 Å². The third kappa shape index (κ3) is 2.99. The second-order valence-electron chi connectivity index (χ2n) is 4.27. The lowest BCUT2D eigenvalue weighted by atomic mass is 9.96. The molecule has 1 aliphatic carbocycles. The summed E-state index contributed by atoms with van der Waals surface area (Å²) in [6.45, 7) is 0. The summed E-state index contributed by atoms with van der Waals surface area (Å²) in [5.41, 5.74) is 0. The van der Waals surface area contributed by atoms with Crippen LogP contribution >= 0.6 is 22.9 Å². The van der Waals surface area contributed by atoms with E-state index in [0.29, 0.717) is 5.38 Å². The molecule has 2 unspecified atom stereocenters. The van der Waals surface area contributed by atoms with Crippen LogP contribution in [0.2, 0.25) is 0 Å². The number of rotatable bonds is 2. The molecule has 2 heteroatoms. The van der Waals surface area contributed by atoms with E-state index in [1.54, 1.807) is 0 Å². The van der Waals surface area contributed by atoms with Crippen molar-refractivity contribution >= 4 is 22.9 Å². The lowest BCUT2D eigenvalue weighted by molar-refractivity contribution is 0.463. The van der Waals surface area contributed by atoms with Gasteiger partial charge in [-0.2, -0.15) is 0 Å². The topological polar surface area (TPSA) is 0 Å². The van der Waals surface area contributed by atoms with Crippen molar-refractivity contribution < 1.29 is 0 Å². The Labute approximate surface area is 95.3 Å². The van der Waals surface area contributed by atoms with Crippen LogP contribution in [0.5, 0.6) is 0 Å². The van der Waals surface area contributed by atoms with Gasteiger partial charge in [0.25, 0.3) is 0 Å². The molecule has 14 heavy (non-hydrogen) atoms. The molecule has 0 bridgehead atoms. The van der Waals surface area contributed by atoms with Crippen molar-refractivity contribution in [3.8, 4) is 0 Å². The molecule has 0 nitrogen and oxygen atoms in total. The largest absolute Gasteiger partial charge is 0.149 e. The van der Waals surface area contributed by atoms with Crippen molar-refractivity contribution in [3.05, 3.63) is 22.4 Å². The zero-order valence-corrected chi connectivity index (χ0v) is 9.99. The highest BCUT2D eigenvalue weighted by molar-refractivity contribution is 7.09. The summed E-state index contributed by atoms with van der Waals surface area (Å²) >= 11 is 8.14. The van der Waals surface area contributed by atoms with E-state index in [2.05, 4.69) is 17.5 Å². The average Bonchev–Trinajstić information content (AvgIpc) is 2.56. The smallest absolute Gasteiger partial charge is 0.0338 e. The van der Waals surface area contributed by atoms with Crippen LogP contribution in [0, 0.1) is 5.92 Å². The van der Waals surface area contributed by atoms with Crippen molar-refractivity contribution in [2.75, 3.05) is 0 Å². The van der Waals surface area contributed by atoms with E-state index in [0.717, 1.165) is 5.92 Å². The van der Waals surface area contributed by atoms with Gasteiger partial charge in [-0.25, -0.2) is 0 Å². The van der Waals surface area contributed by atoms with Gasteiger partial charge in [-0.1, -0.05) is 25.3 Å². The fourth-order valence-corrected chi connectivity index (χ4v) is 3.52. The molecule has 2 atom stereocenters. The minimum Gasteiger partial charge on any atom is -0.149 e. The van der Waals surface area contributed by atoms with E-state index in [4.69, 9.17) is 11.6 Å². The first-order chi connectivity index (χ1) is 6.84. The summed E-state index contributed by atoms with van der Waals surface area (Å²) in [4.78, 5) is 1.53. The van der Waals surface area contributed by atoms with E-state index >= 15 is 0 Å². The van der Waals surface area contributed by atoms with Crippen molar-refractivity contribution in [1.82, 2.24) is 0 Å². The Morgan fingerprint density at radius 1 is 1.36 bits per heavy atom. The maximum atomic E-state index is 6.26. The second kappa shape index (κ2) is 5.18. The maximum absolute atomic E-state index is 6.26. The van der Waals surface area contributed by atoms with Crippen LogP contribution in [-0.2, 0) is 6.42 Å². The van der Waals surface area contributed by atoms with Crippen LogP contribution < -0.4 is 0 Å². The Balaban J connectivity index is 1.90. The minimum atomic E-state index is 0.433. The Morgan fingerprint density at radius 2 is 2.21 bits per heavy atom. The van der Waals surface area contributed by atoms with E-state index in [-0.39, 0.29) is 0 Å². The summed E-state index contributed by atoms with van der Waals surface area (Å²) < 4.78 is 0. The number of alkyl halides is 1. The third-order valence-corrected chi connectivity index (χ3v) is 4.33. The minimum absolute atomic E-state index is 0.433. The molecular formula is C12H17ClS. The van der Waals surface area contributed by atoms with Gasteiger partial charge >= 0.3 is 0 Å². The Morgan fingerprint density at radius 3 is 3.00 bits per heavy atom. The molecule has 2 rings (SSSR count). The monoisotopic (exact) mass is 228 g/mol. The highest BCUT2D eigenvalue weighted by Gasteiger charge is 2.18. The van der Waals surface area contributed by atoms with Gasteiger partial charge < -0.3 is 0 Å². The Hall–Kier alpha value is -0.0100. The van der Waals surface area contributed by atoms with E-state index < -0.39 is 0 Å². The van der Waals surface area contributed by atoms with Crippen LogP contribution in [0.4, 0.5) is 0 Å². The van der Waals surface area contributed by atoms with Gasteiger partial charge in [0, 0.05) is 10.3 Å². The van der Waals surface area contributed by atoms with Gasteiger partial charge in [-0.15, -0.1) is 22.9 Å². The Bertz CT molecular complexity index is 255. The van der Waals surface area contributed by atoms with Gasteiger partial charge in [0.15, 0.2) is 0 Å². The van der Waals surface area contributed by atoms with Crippen molar-refractivity contribution in [3.63, 3.8) is 0 Å². The zero-order valence-electron chi connectivity index (χ0n) is 8.42. The van der Waals surface area contributed by atoms with Gasteiger partial charge in [0.2, 0.25) is 0 Å². The molecule has 0 N–H and O–H groups in total. The van der Waals surface area contributed by atoms with Gasteiger partial charge in [-0.05, 0) is 36.6 Å². The number of thiophene rings is 1. The molecule has 1 aromatic rings. The number of hydrogen-bond acceptors (Lipinski definition) is 1. The van der Waals surface area contributed by atoms with E-state index in [9.17, 15) is 0 Å². The Kier molecular flexibility index (Phi) is 3.89. The zero-order chi connectivity index (χ0) is 9.80. The molecule has 1 aromatic heterocycles. The molecule has 0 aliphatic heterocycles. The summed E-state index contributed by atoms with van der Waals surface area (Å²) in [5, 5.41) is 2.60. The predicted molar refractivity (Wildman–Crippen MR) is 64.2 cm³/mol. The van der Waals surface area contributed by atoms with Gasteiger partial charge in [-0.3, -0.25) is 0 Å². The van der Waals surface area contributed by atoms with Crippen LogP contribution in [0.1, 0.15) is 37.0 Å². The molecule has 0 radical (unpaired) electrons. The van der Waals surface area contributed by atoms with Crippen LogP contribution in [0.15, 0.2) is 17.5 Å². The fraction of sp³-hybridized carbons (Fsp3) is 0.667. The van der Waals surface area contributed by atoms with Crippen molar-refractivity contribution in [1.29, 1.82) is 0 Å². The average molecular weight is 229 g/mol. The van der Waals surface area contributed by atoms with Gasteiger partial charge in [0.05, 0.1) is 0 Å². The van der Waals surface area contributed by atoms with E-state index in [1.165, 1.54) is 43.4 Å². The lowest BCUT2D eigenvalue weighted by Gasteiger charge is -2.14. The highest BCUT2D eigenvalue weighted by Crippen LogP contribution is 2.29. The molecule has 0 aromatic carbocycles. The fourth-order valence-electron chi connectivity index (χ4n) is 2.29. The molecule has 78 valence electrons. The quantitative estimate of drug-likeness (QED) is 0.517. The lowest BCUT2D eigenvalue weighted by Crippen LogP contribution is -2.07. The molecule has 0 amide bonds. The van der Waals surface area contributed by atoms with E-state index in [1.807, 2.05) is 11.3 Å². The standard InChI is InChI=1S/C12H17ClS/c13-11-5-2-1-4-10(8-11)9-12-6-3-7-14-12/h3,6-7,10-11H,1-2,4-5,8-9H2. The first-order valence-corrected chi connectivity index (χ1v) is 6.82. The first-order valence-electron chi connectivity index (χ1n) is 5.51. The molecule has 1 fully saturated rings. The van der Waals surface area contributed by atoms with Crippen LogP contribution in [-0.4, -0.2) is 5.38 Å². The first kappa shape index (κ1) is 10.5. The molecule has 1 saturated carbocycles. The summed E-state index contributed by atoms with van der Waals surface area (Å²) in [6.07, 6.45) is 7.78. The van der Waals surface area contributed by atoms with Crippen molar-refractivity contribution in [2.45, 2.75) is 43.9 Å². The van der Waals surface area contributed by atoms with Crippen LogP contribution in [0.3, 0.4) is 0 Å². The SMILES string of the molecule is ClC1CCCCC(Cc2cccs2)C1. The highest BCUT2D eigenvalue weighted by atomic mass is 35.5. The number of halogens is 1. The van der Waals surface area contributed by atoms with Crippen molar-refractivity contribution in [2.24, 2.45) is 5.92 Å². The van der Waals surface area contributed by atoms with Gasteiger partial charge in [0.1, 0.15) is 0 Å². The maximum Gasteiger partial charge on any atom is 0.0338 e. The predicted octanol–water partition coefficient (Wildman–Crippen LogP) is 4.48. The molecular weight excluding hydrogens is 212 g/mol. The summed E-state index contributed by atoms with van der Waals surface area (Å²) in [5.74, 6) is 0.832. The molecule has 1 aliphatic rings. The third-order valence-electron chi connectivity index (χ3n) is 3.04. The molecule has 1 heterocycles. The second-order valence-corrected chi connectivity index (χ2v) is 5.92.